The molecule has 1 saturated heterocycles. The Morgan fingerprint density at radius 3 is 2.61 bits per heavy atom. The first-order valence-electron chi connectivity index (χ1n) is 13.5. The summed E-state index contributed by atoms with van der Waals surface area (Å²) in [6, 6.07) is 16.4. The van der Waals surface area contributed by atoms with Gasteiger partial charge in [-0.3, -0.25) is 0 Å². The number of hydrogen-bond donors (Lipinski definition) is 1. The van der Waals surface area contributed by atoms with E-state index in [1.807, 2.05) is 19.1 Å². The number of aromatic nitrogens is 2. The molecule has 0 atom stereocenters. The predicted molar refractivity (Wildman–Crippen MR) is 156 cm³/mol. The van der Waals surface area contributed by atoms with Crippen molar-refractivity contribution in [2.24, 2.45) is 0 Å². The van der Waals surface area contributed by atoms with E-state index in [1.165, 1.54) is 11.3 Å². The van der Waals surface area contributed by atoms with Crippen LogP contribution in [0.2, 0.25) is 0 Å². The molecule has 7 nitrogen and oxygen atoms in total. The molecule has 1 fully saturated rings. The maximum atomic E-state index is 12.0. The van der Waals surface area contributed by atoms with Crippen molar-refractivity contribution in [1.82, 2.24) is 14.9 Å². The van der Waals surface area contributed by atoms with E-state index in [-0.39, 0.29) is 5.97 Å². The lowest BCUT2D eigenvalue weighted by Gasteiger charge is -2.35. The highest BCUT2D eigenvalue weighted by atomic mass is 32.1. The van der Waals surface area contributed by atoms with Gasteiger partial charge in [0.05, 0.1) is 22.4 Å². The lowest BCUT2D eigenvalue weighted by Crippen LogP contribution is -2.46. The summed E-state index contributed by atoms with van der Waals surface area (Å²) in [5.41, 5.74) is 6.29. The van der Waals surface area contributed by atoms with Gasteiger partial charge in [-0.2, -0.15) is 0 Å². The van der Waals surface area contributed by atoms with Crippen molar-refractivity contribution < 1.29 is 9.53 Å². The second-order valence-electron chi connectivity index (χ2n) is 9.53. The smallest absolute Gasteiger partial charge is 0.338 e. The van der Waals surface area contributed by atoms with E-state index >= 15 is 0 Å². The predicted octanol–water partition coefficient (Wildman–Crippen LogP) is 5.93. The lowest BCUT2D eigenvalue weighted by molar-refractivity contribution is 0.0526. The van der Waals surface area contributed by atoms with E-state index in [0.717, 1.165) is 79.3 Å². The number of nitrogens with zero attached hydrogens (tertiary/aromatic N) is 4. The normalized spacial score (nSPS) is 14.1. The molecule has 3 heterocycles. The van der Waals surface area contributed by atoms with Gasteiger partial charge in [0.2, 0.25) is 0 Å². The summed E-state index contributed by atoms with van der Waals surface area (Å²) in [7, 11) is 0. The largest absolute Gasteiger partial charge is 0.462 e. The van der Waals surface area contributed by atoms with E-state index in [1.54, 1.807) is 23.7 Å². The Kier molecular flexibility index (Phi) is 8.51. The van der Waals surface area contributed by atoms with Crippen molar-refractivity contribution in [1.29, 1.82) is 0 Å². The molecule has 1 aliphatic rings. The van der Waals surface area contributed by atoms with Gasteiger partial charge in [-0.05, 0) is 85.6 Å². The maximum absolute atomic E-state index is 12.0. The Morgan fingerprint density at radius 1 is 1.03 bits per heavy atom. The zero-order valence-corrected chi connectivity index (χ0v) is 23.0. The van der Waals surface area contributed by atoms with Gasteiger partial charge in [0, 0.05) is 37.6 Å². The quantitative estimate of drug-likeness (QED) is 0.255. The maximum Gasteiger partial charge on any atom is 0.338 e. The fourth-order valence-electron chi connectivity index (χ4n) is 4.93. The van der Waals surface area contributed by atoms with E-state index in [9.17, 15) is 4.79 Å². The number of thiophene rings is 1. The van der Waals surface area contributed by atoms with Crippen LogP contribution in [0, 0.1) is 0 Å². The van der Waals surface area contributed by atoms with Gasteiger partial charge in [-0.1, -0.05) is 19.1 Å². The highest BCUT2D eigenvalue weighted by Crippen LogP contribution is 2.32. The van der Waals surface area contributed by atoms with Crippen molar-refractivity contribution in [2.75, 3.05) is 49.5 Å². The highest BCUT2D eigenvalue weighted by Gasteiger charge is 2.16. The molecule has 2 aromatic carbocycles. The van der Waals surface area contributed by atoms with Crippen molar-refractivity contribution in [3.05, 3.63) is 76.9 Å². The summed E-state index contributed by atoms with van der Waals surface area (Å²) < 4.78 is 6.20. The molecule has 1 aliphatic heterocycles. The molecule has 0 saturated carbocycles. The summed E-state index contributed by atoms with van der Waals surface area (Å²) in [5, 5.41) is 5.70. The first kappa shape index (κ1) is 26.1. The Hall–Kier alpha value is -3.49. The Labute approximate surface area is 228 Å². The standard InChI is InChI=1S/C30H35N5O2S/c1-3-34-15-17-35(18-16-34)26-13-11-25(12-14-26)33-29-28-27(31-21-32-29)24(20-38-28)10-6-8-22-7-5-9-23(19-22)30(36)37-4-2/h5,7,9,11-14,19-21H,3-4,6,8,10,15-18H2,1-2H3,(H,31,32,33). The number of anilines is 3. The molecule has 198 valence electrons. The van der Waals surface area contributed by atoms with Crippen LogP contribution in [-0.4, -0.2) is 60.2 Å². The van der Waals surface area contributed by atoms with Gasteiger partial charge in [-0.25, -0.2) is 14.8 Å². The molecule has 0 amide bonds. The number of rotatable bonds is 10. The second kappa shape index (κ2) is 12.4. The molecule has 1 N–H and O–H groups in total. The number of benzene rings is 2. The molecule has 38 heavy (non-hydrogen) atoms. The fraction of sp³-hybridized carbons (Fsp3) is 0.367. The number of esters is 1. The first-order chi connectivity index (χ1) is 18.6. The van der Waals surface area contributed by atoms with Crippen LogP contribution in [0.1, 0.15) is 41.8 Å². The Bertz CT molecular complexity index is 1360. The molecule has 0 radical (unpaired) electrons. The summed E-state index contributed by atoms with van der Waals surface area (Å²) in [6.07, 6.45) is 4.42. The molecular weight excluding hydrogens is 494 g/mol. The minimum Gasteiger partial charge on any atom is -0.462 e. The van der Waals surface area contributed by atoms with Gasteiger partial charge in [-0.15, -0.1) is 11.3 Å². The Morgan fingerprint density at radius 2 is 1.84 bits per heavy atom. The zero-order valence-electron chi connectivity index (χ0n) is 22.2. The number of ether oxygens (including phenoxy) is 1. The van der Waals surface area contributed by atoms with Gasteiger partial charge in [0.1, 0.15) is 6.33 Å². The van der Waals surface area contributed by atoms with Crippen LogP contribution in [0.4, 0.5) is 17.2 Å². The van der Waals surface area contributed by atoms with Crippen LogP contribution in [0.15, 0.2) is 60.2 Å². The number of nitrogens with one attached hydrogen (secondary N) is 1. The number of likely N-dealkylation sites (N-methyl/N-ethyl adjacent to an activating group) is 1. The van der Waals surface area contributed by atoms with Crippen molar-refractivity contribution in [3.8, 4) is 0 Å². The molecule has 0 bridgehead atoms. The van der Waals surface area contributed by atoms with E-state index < -0.39 is 0 Å². The number of hydrogen-bond acceptors (Lipinski definition) is 8. The van der Waals surface area contributed by atoms with Gasteiger partial charge in [0.25, 0.3) is 0 Å². The molecule has 0 aliphatic carbocycles. The molecular formula is C30H35N5O2S. The Balaban J connectivity index is 1.21. The molecule has 4 aromatic rings. The third-order valence-electron chi connectivity index (χ3n) is 7.09. The number of carbonyl (C=O) groups is 1. The molecule has 0 spiro atoms. The monoisotopic (exact) mass is 529 g/mol. The number of piperazine rings is 1. The van der Waals surface area contributed by atoms with Crippen molar-refractivity contribution in [3.63, 3.8) is 0 Å². The van der Waals surface area contributed by atoms with Gasteiger partial charge >= 0.3 is 5.97 Å². The summed E-state index contributed by atoms with van der Waals surface area (Å²) in [5.74, 6) is 0.581. The van der Waals surface area contributed by atoms with Gasteiger partial charge in [0.15, 0.2) is 5.82 Å². The van der Waals surface area contributed by atoms with Gasteiger partial charge < -0.3 is 19.9 Å². The fourth-order valence-corrected chi connectivity index (χ4v) is 5.93. The molecule has 5 rings (SSSR count). The topological polar surface area (TPSA) is 70.6 Å². The summed E-state index contributed by atoms with van der Waals surface area (Å²) in [6.45, 7) is 9.94. The lowest BCUT2D eigenvalue weighted by atomic mass is 10.0. The highest BCUT2D eigenvalue weighted by molar-refractivity contribution is 7.18. The minimum absolute atomic E-state index is 0.264. The SMILES string of the molecule is CCOC(=O)c1cccc(CCCc2csc3c(Nc4ccc(N5CCN(CC)CC5)cc4)ncnc23)c1. The van der Waals surface area contributed by atoms with Crippen molar-refractivity contribution in [2.45, 2.75) is 33.1 Å². The van der Waals surface area contributed by atoms with E-state index in [0.29, 0.717) is 12.2 Å². The summed E-state index contributed by atoms with van der Waals surface area (Å²) >= 11 is 1.68. The third-order valence-corrected chi connectivity index (χ3v) is 8.12. The van der Waals surface area contributed by atoms with E-state index in [2.05, 4.69) is 67.7 Å². The minimum atomic E-state index is -0.264. The van der Waals surface area contributed by atoms with Crippen LogP contribution in [0.25, 0.3) is 10.2 Å². The van der Waals surface area contributed by atoms with Crippen molar-refractivity contribution >= 4 is 44.7 Å². The summed E-state index contributed by atoms with van der Waals surface area (Å²) in [4.78, 5) is 26.1. The van der Waals surface area contributed by atoms with Crippen LogP contribution in [0.3, 0.4) is 0 Å². The number of fused-ring (bicyclic) bond motifs is 1. The third kappa shape index (κ3) is 6.14. The van der Waals surface area contributed by atoms with Crippen LogP contribution >= 0.6 is 11.3 Å². The molecule has 2 aromatic heterocycles. The number of carbonyl (C=O) groups excluding carboxylic acids is 1. The second-order valence-corrected chi connectivity index (χ2v) is 10.4. The number of aryl methyl sites for hydroxylation is 2. The van der Waals surface area contributed by atoms with Crippen LogP contribution in [-0.2, 0) is 17.6 Å². The van der Waals surface area contributed by atoms with Crippen LogP contribution in [0.5, 0.6) is 0 Å². The average Bonchev–Trinajstić information content (AvgIpc) is 3.38. The average molecular weight is 530 g/mol. The van der Waals surface area contributed by atoms with E-state index in [4.69, 9.17) is 4.74 Å². The zero-order chi connectivity index (χ0) is 26.3. The molecule has 8 heteroatoms. The first-order valence-corrected chi connectivity index (χ1v) is 14.3. The van der Waals surface area contributed by atoms with Crippen LogP contribution < -0.4 is 10.2 Å². The molecule has 0 unspecified atom stereocenters.